The summed E-state index contributed by atoms with van der Waals surface area (Å²) in [4.78, 5) is 42.0. The Labute approximate surface area is 251 Å². The fourth-order valence-electron chi connectivity index (χ4n) is 3.99. The summed E-state index contributed by atoms with van der Waals surface area (Å²) in [7, 11) is 2.81. The Balaban J connectivity index is 0.000000633. The zero-order chi connectivity index (χ0) is 31.0. The molecule has 1 aliphatic heterocycles. The number of hydrogen-bond donors (Lipinski definition) is 1. The number of aromatic nitrogens is 1. The van der Waals surface area contributed by atoms with Crippen molar-refractivity contribution in [3.8, 4) is 17.2 Å². The fourth-order valence-corrected chi connectivity index (χ4v) is 3.99. The van der Waals surface area contributed by atoms with Crippen LogP contribution in [0.1, 0.15) is 35.8 Å². The Morgan fingerprint density at radius 1 is 1.00 bits per heavy atom. The highest BCUT2D eigenvalue weighted by molar-refractivity contribution is 5.98. The molecule has 0 aliphatic carbocycles. The van der Waals surface area contributed by atoms with Gasteiger partial charge in [0, 0.05) is 25.8 Å². The van der Waals surface area contributed by atoms with Crippen molar-refractivity contribution in [3.63, 3.8) is 0 Å². The van der Waals surface area contributed by atoms with Crippen molar-refractivity contribution in [2.45, 2.75) is 44.9 Å². The molecule has 11 heteroatoms. The number of amides is 1. The van der Waals surface area contributed by atoms with E-state index in [0.29, 0.717) is 12.2 Å². The third-order valence-electron chi connectivity index (χ3n) is 6.11. The molecule has 2 heterocycles. The predicted octanol–water partition coefficient (Wildman–Crippen LogP) is 3.93. The highest BCUT2D eigenvalue weighted by Crippen LogP contribution is 2.30. The standard InChI is InChI=1S/C25H30N2O9.C7H8/c1-16-13-18(35-17-7-5-4-6-8-17)14-33-15-19(25(30)34-16)27-24(29)22-23(20(32-3)9-11-26-22)36-21(28)10-12-31-2;1-7-5-3-2-4-6-7/h4-9,11,16,18-19H,10,12-15H2,1-3H3,(H,27,29);2-6H,1H3/t16?,18?,19-;/m0./s1. The summed E-state index contributed by atoms with van der Waals surface area (Å²) in [5.41, 5.74) is 1.09. The van der Waals surface area contributed by atoms with Crippen LogP contribution in [0.3, 0.4) is 0 Å². The first-order valence-corrected chi connectivity index (χ1v) is 13.9. The van der Waals surface area contributed by atoms with E-state index in [1.807, 2.05) is 48.5 Å². The molecule has 11 nitrogen and oxygen atoms in total. The number of pyridine rings is 1. The quantitative estimate of drug-likeness (QED) is 0.364. The first-order valence-electron chi connectivity index (χ1n) is 13.9. The van der Waals surface area contributed by atoms with Crippen LogP contribution in [-0.4, -0.2) is 75.1 Å². The second-order valence-corrected chi connectivity index (χ2v) is 9.66. The second kappa shape index (κ2) is 17.5. The minimum atomic E-state index is -1.12. The number of rotatable bonds is 9. The van der Waals surface area contributed by atoms with Crippen LogP contribution in [0.25, 0.3) is 0 Å². The largest absolute Gasteiger partial charge is 0.493 e. The number of carbonyl (C=O) groups is 3. The van der Waals surface area contributed by atoms with E-state index in [4.69, 9.17) is 28.4 Å². The lowest BCUT2D eigenvalue weighted by molar-refractivity contribution is -0.151. The molecule has 2 unspecified atom stereocenters. The van der Waals surface area contributed by atoms with Crippen molar-refractivity contribution in [2.75, 3.05) is 34.0 Å². The normalized spacial score (nSPS) is 18.3. The average Bonchev–Trinajstić information content (AvgIpc) is 3.06. The second-order valence-electron chi connectivity index (χ2n) is 9.66. The topological polar surface area (TPSA) is 132 Å². The van der Waals surface area contributed by atoms with Crippen LogP contribution in [0.5, 0.6) is 17.2 Å². The molecule has 3 aromatic rings. The van der Waals surface area contributed by atoms with E-state index in [2.05, 4.69) is 29.4 Å². The van der Waals surface area contributed by atoms with Crippen molar-refractivity contribution in [2.24, 2.45) is 0 Å². The minimum absolute atomic E-state index is 0.0392. The summed E-state index contributed by atoms with van der Waals surface area (Å²) in [5, 5.41) is 2.56. The van der Waals surface area contributed by atoms with Crippen LogP contribution in [0.4, 0.5) is 0 Å². The molecule has 230 valence electrons. The van der Waals surface area contributed by atoms with E-state index in [9.17, 15) is 14.4 Å². The van der Waals surface area contributed by atoms with Crippen LogP contribution in [-0.2, 0) is 23.8 Å². The third-order valence-corrected chi connectivity index (χ3v) is 6.11. The number of nitrogens with one attached hydrogen (secondary N) is 1. The van der Waals surface area contributed by atoms with Gasteiger partial charge in [-0.25, -0.2) is 9.78 Å². The molecule has 2 aromatic carbocycles. The van der Waals surface area contributed by atoms with E-state index in [1.165, 1.54) is 32.0 Å². The predicted molar refractivity (Wildman–Crippen MR) is 157 cm³/mol. The number of esters is 2. The molecule has 43 heavy (non-hydrogen) atoms. The number of ether oxygens (including phenoxy) is 6. The van der Waals surface area contributed by atoms with Crippen LogP contribution in [0.15, 0.2) is 72.9 Å². The molecule has 3 atom stereocenters. The van der Waals surface area contributed by atoms with Crippen LogP contribution in [0.2, 0.25) is 0 Å². The van der Waals surface area contributed by atoms with Gasteiger partial charge in [-0.05, 0) is 26.0 Å². The highest BCUT2D eigenvalue weighted by Gasteiger charge is 2.31. The Morgan fingerprint density at radius 3 is 2.33 bits per heavy atom. The van der Waals surface area contributed by atoms with Crippen LogP contribution >= 0.6 is 0 Å². The third kappa shape index (κ3) is 11.0. The zero-order valence-electron chi connectivity index (χ0n) is 24.8. The van der Waals surface area contributed by atoms with Gasteiger partial charge in [-0.3, -0.25) is 9.59 Å². The van der Waals surface area contributed by atoms with Gasteiger partial charge in [-0.1, -0.05) is 54.1 Å². The minimum Gasteiger partial charge on any atom is -0.493 e. The molecule has 1 aromatic heterocycles. The van der Waals surface area contributed by atoms with Crippen molar-refractivity contribution in [3.05, 3.63) is 84.2 Å². The number of cyclic esters (lactones) is 1. The molecule has 0 spiro atoms. The number of methoxy groups -OCH3 is 2. The van der Waals surface area contributed by atoms with Gasteiger partial charge in [0.1, 0.15) is 18.0 Å². The van der Waals surface area contributed by atoms with E-state index in [1.54, 1.807) is 6.92 Å². The van der Waals surface area contributed by atoms with Gasteiger partial charge in [-0.2, -0.15) is 0 Å². The molecular weight excluding hydrogens is 556 g/mol. The Morgan fingerprint density at radius 2 is 1.70 bits per heavy atom. The van der Waals surface area contributed by atoms with Crippen molar-refractivity contribution >= 4 is 17.8 Å². The molecule has 1 aliphatic rings. The maximum absolute atomic E-state index is 13.1. The summed E-state index contributed by atoms with van der Waals surface area (Å²) in [5.74, 6) is -1.44. The maximum atomic E-state index is 13.1. The number of hydrogen-bond acceptors (Lipinski definition) is 10. The summed E-state index contributed by atoms with van der Waals surface area (Å²) < 4.78 is 32.6. The van der Waals surface area contributed by atoms with E-state index in [-0.39, 0.29) is 49.5 Å². The van der Waals surface area contributed by atoms with Crippen molar-refractivity contribution < 1.29 is 42.8 Å². The number of carbonyl (C=O) groups excluding carboxylic acids is 3. The van der Waals surface area contributed by atoms with Gasteiger partial charge >= 0.3 is 11.9 Å². The van der Waals surface area contributed by atoms with Crippen LogP contribution < -0.4 is 19.5 Å². The maximum Gasteiger partial charge on any atom is 0.331 e. The highest BCUT2D eigenvalue weighted by atomic mass is 16.6. The van der Waals surface area contributed by atoms with Crippen molar-refractivity contribution in [1.82, 2.24) is 10.3 Å². The molecule has 0 radical (unpaired) electrons. The lowest BCUT2D eigenvalue weighted by atomic mass is 10.2. The fraction of sp³-hybridized carbons (Fsp3) is 0.375. The van der Waals surface area contributed by atoms with E-state index >= 15 is 0 Å². The summed E-state index contributed by atoms with van der Waals surface area (Å²) in [6.45, 7) is 3.99. The number of aryl methyl sites for hydroxylation is 1. The van der Waals surface area contributed by atoms with Crippen molar-refractivity contribution in [1.29, 1.82) is 0 Å². The molecule has 1 saturated heterocycles. The molecule has 1 N–H and O–H groups in total. The summed E-state index contributed by atoms with van der Waals surface area (Å²) in [6, 6.07) is 19.8. The van der Waals surface area contributed by atoms with Gasteiger partial charge in [-0.15, -0.1) is 0 Å². The molecular formula is C32H38N2O9. The Bertz CT molecular complexity index is 1300. The first kappa shape index (κ1) is 33.0. The first-order chi connectivity index (χ1) is 20.8. The molecule has 0 bridgehead atoms. The molecule has 1 fully saturated rings. The zero-order valence-corrected chi connectivity index (χ0v) is 24.8. The van der Waals surface area contributed by atoms with Gasteiger partial charge in [0.25, 0.3) is 5.91 Å². The lowest BCUT2D eigenvalue weighted by Gasteiger charge is -2.21. The van der Waals surface area contributed by atoms with Crippen LogP contribution in [0, 0.1) is 6.92 Å². The Kier molecular flexibility index (Phi) is 13.4. The number of nitrogens with zero attached hydrogens (tertiary/aromatic N) is 1. The molecule has 1 amide bonds. The SMILES string of the molecule is COCCC(=O)Oc1c(OC)ccnc1C(=O)N[C@H]1COCC(Oc2ccccc2)CC(C)OC1=O.Cc1ccccc1. The number of benzene rings is 2. The van der Waals surface area contributed by atoms with Gasteiger partial charge in [0.15, 0.2) is 17.5 Å². The van der Waals surface area contributed by atoms with E-state index in [0.717, 1.165) is 0 Å². The van der Waals surface area contributed by atoms with Gasteiger partial charge < -0.3 is 33.7 Å². The Hall–Kier alpha value is -4.48. The van der Waals surface area contributed by atoms with Gasteiger partial charge in [0.2, 0.25) is 5.75 Å². The average molecular weight is 595 g/mol. The van der Waals surface area contributed by atoms with Gasteiger partial charge in [0.05, 0.1) is 33.4 Å². The number of para-hydroxylation sites is 1. The monoisotopic (exact) mass is 594 g/mol. The summed E-state index contributed by atoms with van der Waals surface area (Å²) >= 11 is 0. The molecule has 4 rings (SSSR count). The lowest BCUT2D eigenvalue weighted by Crippen LogP contribution is -2.45. The molecule has 0 saturated carbocycles. The van der Waals surface area contributed by atoms with E-state index < -0.39 is 30.0 Å². The smallest absolute Gasteiger partial charge is 0.331 e. The summed E-state index contributed by atoms with van der Waals surface area (Å²) in [6.07, 6.45) is 0.844.